The predicted octanol–water partition coefficient (Wildman–Crippen LogP) is 2.33. The van der Waals surface area contributed by atoms with Crippen molar-refractivity contribution in [1.82, 2.24) is 5.32 Å². The number of benzene rings is 1. The lowest BCUT2D eigenvalue weighted by molar-refractivity contribution is -0.141. The summed E-state index contributed by atoms with van der Waals surface area (Å²) < 4.78 is 18.3. The van der Waals surface area contributed by atoms with Crippen LogP contribution in [0.1, 0.15) is 36.5 Å². The molecule has 0 aromatic heterocycles. The van der Waals surface area contributed by atoms with E-state index in [0.717, 1.165) is 6.07 Å². The number of hydrogen-bond acceptors (Lipinski definition) is 4. The van der Waals surface area contributed by atoms with Gasteiger partial charge in [0.2, 0.25) is 5.91 Å². The van der Waals surface area contributed by atoms with E-state index in [1.807, 2.05) is 0 Å². The predicted molar refractivity (Wildman–Crippen MR) is 85.5 cm³/mol. The second-order valence-corrected chi connectivity index (χ2v) is 5.04. The van der Waals surface area contributed by atoms with Crippen LogP contribution in [0.25, 0.3) is 0 Å². The van der Waals surface area contributed by atoms with Crippen molar-refractivity contribution in [3.63, 3.8) is 0 Å². The zero-order valence-corrected chi connectivity index (χ0v) is 13.5. The summed E-state index contributed by atoms with van der Waals surface area (Å²) in [6.45, 7) is 1.74. The summed E-state index contributed by atoms with van der Waals surface area (Å²) in [7, 11) is 1.32. The van der Waals surface area contributed by atoms with Gasteiger partial charge in [0.15, 0.2) is 17.3 Å². The zero-order chi connectivity index (χ0) is 18.1. The number of carbonyl (C=O) groups is 3. The van der Waals surface area contributed by atoms with Gasteiger partial charge in [-0.1, -0.05) is 12.2 Å². The molecule has 1 aromatic carbocycles. The molecule has 0 aliphatic heterocycles. The molecule has 0 saturated heterocycles. The molecule has 6 nitrogen and oxygen atoms in total. The van der Waals surface area contributed by atoms with Crippen molar-refractivity contribution >= 4 is 17.7 Å². The summed E-state index contributed by atoms with van der Waals surface area (Å²) in [5.74, 6) is -2.74. The molecule has 0 heterocycles. The molecule has 24 heavy (non-hydrogen) atoms. The van der Waals surface area contributed by atoms with Crippen LogP contribution in [0.15, 0.2) is 30.4 Å². The Morgan fingerprint density at radius 3 is 2.58 bits per heavy atom. The van der Waals surface area contributed by atoms with Gasteiger partial charge in [0.25, 0.3) is 0 Å². The van der Waals surface area contributed by atoms with Gasteiger partial charge in [0.1, 0.15) is 6.04 Å². The first-order chi connectivity index (χ1) is 11.4. The summed E-state index contributed by atoms with van der Waals surface area (Å²) in [6, 6.07) is 2.75. The van der Waals surface area contributed by atoms with E-state index in [0.29, 0.717) is 0 Å². The van der Waals surface area contributed by atoms with Crippen LogP contribution in [-0.2, 0) is 9.59 Å². The zero-order valence-electron chi connectivity index (χ0n) is 13.5. The van der Waals surface area contributed by atoms with Crippen molar-refractivity contribution in [1.29, 1.82) is 0 Å². The number of aliphatic carboxylic acids is 1. The van der Waals surface area contributed by atoms with Gasteiger partial charge in [-0.2, -0.15) is 0 Å². The summed E-state index contributed by atoms with van der Waals surface area (Å²) in [5, 5.41) is 11.4. The fourth-order valence-corrected chi connectivity index (χ4v) is 1.97. The largest absolute Gasteiger partial charge is 0.494 e. The topological polar surface area (TPSA) is 92.7 Å². The van der Waals surface area contributed by atoms with Crippen molar-refractivity contribution in [2.45, 2.75) is 32.2 Å². The molecule has 0 spiro atoms. The van der Waals surface area contributed by atoms with E-state index in [-0.39, 0.29) is 30.6 Å². The Hall–Kier alpha value is -2.70. The van der Waals surface area contributed by atoms with E-state index in [4.69, 9.17) is 9.84 Å². The number of amides is 1. The minimum Gasteiger partial charge on any atom is -0.494 e. The van der Waals surface area contributed by atoms with E-state index >= 15 is 0 Å². The Morgan fingerprint density at radius 2 is 2.04 bits per heavy atom. The third-order valence-electron chi connectivity index (χ3n) is 3.29. The summed E-state index contributed by atoms with van der Waals surface area (Å²) in [6.07, 6.45) is 3.16. The maximum absolute atomic E-state index is 13.6. The highest BCUT2D eigenvalue weighted by atomic mass is 19.1. The highest BCUT2D eigenvalue weighted by molar-refractivity contribution is 5.98. The molecule has 1 atom stereocenters. The van der Waals surface area contributed by atoms with Gasteiger partial charge in [-0.25, -0.2) is 9.18 Å². The third-order valence-corrected chi connectivity index (χ3v) is 3.29. The lowest BCUT2D eigenvalue weighted by Crippen LogP contribution is -2.40. The Kier molecular flexibility index (Phi) is 7.61. The number of nitrogens with one attached hydrogen (secondary N) is 1. The molecular formula is C17H20FNO5. The van der Waals surface area contributed by atoms with Gasteiger partial charge in [0, 0.05) is 18.4 Å². The van der Waals surface area contributed by atoms with Crippen LogP contribution in [-0.4, -0.2) is 35.9 Å². The average Bonchev–Trinajstić information content (AvgIpc) is 2.55. The summed E-state index contributed by atoms with van der Waals surface area (Å²) in [5.41, 5.74) is 0.129. The van der Waals surface area contributed by atoms with Gasteiger partial charge in [-0.05, 0) is 31.5 Å². The fraction of sp³-hybridized carbons (Fsp3) is 0.353. The molecule has 0 aliphatic rings. The van der Waals surface area contributed by atoms with Crippen LogP contribution in [0.2, 0.25) is 0 Å². The van der Waals surface area contributed by atoms with Crippen molar-refractivity contribution in [3.8, 4) is 5.75 Å². The number of Topliss-reactive ketones (excluding diaryl/α,β-unsaturated/α-hetero) is 1. The first-order valence-electron chi connectivity index (χ1n) is 7.39. The molecule has 0 bridgehead atoms. The minimum atomic E-state index is -1.15. The van der Waals surface area contributed by atoms with Gasteiger partial charge in [0.05, 0.1) is 7.11 Å². The third kappa shape index (κ3) is 5.83. The molecular weight excluding hydrogens is 317 g/mol. The molecule has 0 aliphatic carbocycles. The number of ether oxygens (including phenoxy) is 1. The SMILES string of the molecule is C/C=C/CC(NC(=O)CCC(=O)c1ccc(OC)c(F)c1)C(=O)O. The number of halogens is 1. The first kappa shape index (κ1) is 19.3. The molecule has 1 amide bonds. The van der Waals surface area contributed by atoms with Gasteiger partial charge >= 0.3 is 5.97 Å². The average molecular weight is 337 g/mol. The van der Waals surface area contributed by atoms with Crippen molar-refractivity contribution in [2.24, 2.45) is 0 Å². The molecule has 130 valence electrons. The number of methoxy groups -OCH3 is 1. The number of carboxylic acids is 1. The number of ketones is 1. The van der Waals surface area contributed by atoms with E-state index in [2.05, 4.69) is 5.32 Å². The molecule has 1 unspecified atom stereocenters. The van der Waals surface area contributed by atoms with E-state index in [1.54, 1.807) is 19.1 Å². The van der Waals surface area contributed by atoms with Crippen molar-refractivity contribution < 1.29 is 28.6 Å². The number of carboxylic acid groups (broad SMARTS) is 1. The van der Waals surface area contributed by atoms with Crippen molar-refractivity contribution in [3.05, 3.63) is 41.7 Å². The fourth-order valence-electron chi connectivity index (χ4n) is 1.97. The van der Waals surface area contributed by atoms with Crippen LogP contribution in [0.3, 0.4) is 0 Å². The van der Waals surface area contributed by atoms with Crippen LogP contribution < -0.4 is 10.1 Å². The first-order valence-corrected chi connectivity index (χ1v) is 7.39. The van der Waals surface area contributed by atoms with E-state index < -0.39 is 29.5 Å². The summed E-state index contributed by atoms with van der Waals surface area (Å²) in [4.78, 5) is 34.8. The smallest absolute Gasteiger partial charge is 0.326 e. The molecule has 2 N–H and O–H groups in total. The number of hydrogen-bond donors (Lipinski definition) is 2. The lowest BCUT2D eigenvalue weighted by atomic mass is 10.1. The van der Waals surface area contributed by atoms with Crippen molar-refractivity contribution in [2.75, 3.05) is 7.11 Å². The molecule has 7 heteroatoms. The Labute approximate surface area is 139 Å². The monoisotopic (exact) mass is 337 g/mol. The Balaban J connectivity index is 2.58. The van der Waals surface area contributed by atoms with Crippen LogP contribution in [0.4, 0.5) is 4.39 Å². The second-order valence-electron chi connectivity index (χ2n) is 5.04. The number of allylic oxidation sites excluding steroid dienone is 1. The molecule has 0 radical (unpaired) electrons. The van der Waals surface area contributed by atoms with Crippen LogP contribution in [0, 0.1) is 5.82 Å². The minimum absolute atomic E-state index is 0.0255. The molecule has 1 rings (SSSR count). The van der Waals surface area contributed by atoms with E-state index in [9.17, 15) is 18.8 Å². The van der Waals surface area contributed by atoms with Gasteiger partial charge in [-0.3, -0.25) is 9.59 Å². The highest BCUT2D eigenvalue weighted by Gasteiger charge is 2.19. The molecule has 0 fully saturated rings. The standard InChI is InChI=1S/C17H20FNO5/c1-3-4-5-13(17(22)23)19-16(21)9-7-14(20)11-6-8-15(24-2)12(18)10-11/h3-4,6,8,10,13H,5,7,9H2,1-2H3,(H,19,21)(H,22,23)/b4-3+. The highest BCUT2D eigenvalue weighted by Crippen LogP contribution is 2.18. The molecule has 1 aromatic rings. The normalized spacial score (nSPS) is 12.0. The van der Waals surface area contributed by atoms with Crippen LogP contribution in [0.5, 0.6) is 5.75 Å². The number of rotatable bonds is 9. The van der Waals surface area contributed by atoms with Gasteiger partial charge < -0.3 is 15.2 Å². The Bertz CT molecular complexity index is 642. The summed E-state index contributed by atoms with van der Waals surface area (Å²) >= 11 is 0. The van der Waals surface area contributed by atoms with Gasteiger partial charge in [-0.15, -0.1) is 0 Å². The quantitative estimate of drug-likeness (QED) is 0.533. The maximum Gasteiger partial charge on any atom is 0.326 e. The van der Waals surface area contributed by atoms with Crippen LogP contribution >= 0.6 is 0 Å². The Morgan fingerprint density at radius 1 is 1.33 bits per heavy atom. The number of carbonyl (C=O) groups excluding carboxylic acids is 2. The van der Waals surface area contributed by atoms with E-state index in [1.165, 1.54) is 19.2 Å². The maximum atomic E-state index is 13.6. The lowest BCUT2D eigenvalue weighted by Gasteiger charge is -2.12. The second kappa shape index (κ2) is 9.44. The molecule has 0 saturated carbocycles.